The quantitative estimate of drug-likeness (QED) is 0.134. The van der Waals surface area contributed by atoms with Crippen molar-refractivity contribution in [2.24, 2.45) is 0 Å². The van der Waals surface area contributed by atoms with Crippen molar-refractivity contribution in [2.45, 2.75) is 63.6 Å². The number of alkyl halides is 3. The normalized spacial score (nSPS) is 17.6. The monoisotopic (exact) mass is 838 g/mol. The number of sulfonamides is 1. The van der Waals surface area contributed by atoms with Gasteiger partial charge in [0.15, 0.2) is 0 Å². The number of aromatic nitrogens is 3. The molecule has 15 nitrogen and oxygen atoms in total. The van der Waals surface area contributed by atoms with Gasteiger partial charge in [-0.2, -0.15) is 18.2 Å². The average molecular weight is 839 g/mol. The molecule has 1 atom stereocenters. The molecule has 312 valence electrons. The molecule has 0 saturated carbocycles. The summed E-state index contributed by atoms with van der Waals surface area (Å²) < 4.78 is 82.3. The fourth-order valence-electron chi connectivity index (χ4n) is 7.65. The minimum absolute atomic E-state index is 0.0297. The molecule has 20 heteroatoms. The van der Waals surface area contributed by atoms with Crippen LogP contribution in [0.15, 0.2) is 60.9 Å². The van der Waals surface area contributed by atoms with Crippen LogP contribution >= 0.6 is 0 Å². The molecule has 3 N–H and O–H groups in total. The number of halogens is 4. The third-order valence-corrected chi connectivity index (χ3v) is 12.0. The summed E-state index contributed by atoms with van der Waals surface area (Å²) in [5.41, 5.74) is 1.94. The smallest absolute Gasteiger partial charge is 0.371 e. The summed E-state index contributed by atoms with van der Waals surface area (Å²) in [6.07, 6.45) is 0.262. The number of carbonyl (C=O) groups is 3. The Morgan fingerprint density at radius 1 is 1.00 bits per heavy atom. The van der Waals surface area contributed by atoms with Gasteiger partial charge in [0.05, 0.1) is 11.8 Å². The Morgan fingerprint density at radius 2 is 1.73 bits per heavy atom. The second-order valence-electron chi connectivity index (χ2n) is 14.8. The Labute approximate surface area is 337 Å². The zero-order valence-electron chi connectivity index (χ0n) is 32.4. The largest absolute Gasteiger partial charge is 0.421 e. The molecule has 0 aliphatic carbocycles. The van der Waals surface area contributed by atoms with Crippen LogP contribution in [-0.4, -0.2) is 96.4 Å². The number of pyridine rings is 1. The molecule has 59 heavy (non-hydrogen) atoms. The predicted molar refractivity (Wildman–Crippen MR) is 211 cm³/mol. The number of anilines is 5. The van der Waals surface area contributed by atoms with E-state index in [9.17, 15) is 36.0 Å². The van der Waals surface area contributed by atoms with Crippen LogP contribution < -0.4 is 25.2 Å². The highest BCUT2D eigenvalue weighted by atomic mass is 32.2. The van der Waals surface area contributed by atoms with Gasteiger partial charge in [-0.05, 0) is 73.8 Å². The first-order valence-corrected chi connectivity index (χ1v) is 20.6. The molecule has 5 heterocycles. The molecule has 3 aliphatic rings. The van der Waals surface area contributed by atoms with Crippen molar-refractivity contribution < 1.29 is 40.4 Å². The van der Waals surface area contributed by atoms with Crippen molar-refractivity contribution in [3.05, 3.63) is 94.6 Å². The molecule has 4 aromatic rings. The van der Waals surface area contributed by atoms with Crippen LogP contribution in [0.3, 0.4) is 0 Å². The third-order valence-electron chi connectivity index (χ3n) is 10.8. The lowest BCUT2D eigenvalue weighted by Crippen LogP contribution is -2.52. The number of rotatable bonds is 12. The first-order valence-electron chi connectivity index (χ1n) is 18.8. The Bertz CT molecular complexity index is 2380. The molecule has 0 spiro atoms. The lowest BCUT2D eigenvalue weighted by molar-refractivity contribution is -0.138. The van der Waals surface area contributed by atoms with E-state index in [0.717, 1.165) is 42.2 Å². The Hall–Kier alpha value is -5.89. The van der Waals surface area contributed by atoms with E-state index in [1.807, 2.05) is 25.2 Å². The lowest BCUT2D eigenvalue weighted by Gasteiger charge is -2.38. The number of hydrogen-bond acceptors (Lipinski definition) is 12. The van der Waals surface area contributed by atoms with Crippen LogP contribution in [0, 0.1) is 5.82 Å². The number of nitrogens with one attached hydrogen (secondary N) is 3. The summed E-state index contributed by atoms with van der Waals surface area (Å²) >= 11 is 0. The van der Waals surface area contributed by atoms with Gasteiger partial charge in [-0.25, -0.2) is 22.8 Å². The molecule has 0 radical (unpaired) electrons. The highest BCUT2D eigenvalue weighted by Gasteiger charge is 2.41. The van der Waals surface area contributed by atoms with Gasteiger partial charge in [0.1, 0.15) is 29.1 Å². The second kappa shape index (κ2) is 16.4. The van der Waals surface area contributed by atoms with E-state index in [4.69, 9.17) is 0 Å². The van der Waals surface area contributed by atoms with Crippen molar-refractivity contribution in [1.82, 2.24) is 30.1 Å². The molecule has 7 rings (SSSR count). The van der Waals surface area contributed by atoms with Crippen molar-refractivity contribution in [2.75, 3.05) is 53.3 Å². The minimum Gasteiger partial charge on any atom is -0.371 e. The van der Waals surface area contributed by atoms with Crippen LogP contribution in [0.5, 0.6) is 0 Å². The Balaban J connectivity index is 0.947. The SMILES string of the molecule is CN(Cc1cc(F)c2c(c1)CN(C1CCC(=O)NC1=O)C2=O)C1CCN(c2ccc(Nc3ncc(C(F)(F)F)c(NCc4cccnc4N(C)S(C)(=O)=O)n3)cc2)CC1. The van der Waals surface area contributed by atoms with E-state index in [0.29, 0.717) is 35.1 Å². The Kier molecular flexibility index (Phi) is 11.5. The van der Waals surface area contributed by atoms with Gasteiger partial charge in [0, 0.05) is 81.6 Å². The molecular formula is C39H42F4N10O5S. The molecule has 3 amide bonds. The van der Waals surface area contributed by atoms with E-state index < -0.39 is 51.3 Å². The van der Waals surface area contributed by atoms with Crippen molar-refractivity contribution in [1.29, 1.82) is 0 Å². The summed E-state index contributed by atoms with van der Waals surface area (Å²) in [5.74, 6) is -2.63. The summed E-state index contributed by atoms with van der Waals surface area (Å²) in [4.78, 5) is 54.9. The first kappa shape index (κ1) is 41.3. The van der Waals surface area contributed by atoms with Crippen LogP contribution in [0.2, 0.25) is 0 Å². The number of benzene rings is 2. The number of amides is 3. The fourth-order valence-corrected chi connectivity index (χ4v) is 8.13. The number of imide groups is 1. The van der Waals surface area contributed by atoms with Gasteiger partial charge in [-0.3, -0.25) is 28.9 Å². The zero-order chi connectivity index (χ0) is 42.2. The van der Waals surface area contributed by atoms with Gasteiger partial charge < -0.3 is 20.4 Å². The first-order chi connectivity index (χ1) is 28.0. The summed E-state index contributed by atoms with van der Waals surface area (Å²) in [6.45, 7) is 1.83. The van der Waals surface area contributed by atoms with Crippen molar-refractivity contribution in [3.63, 3.8) is 0 Å². The van der Waals surface area contributed by atoms with Gasteiger partial charge in [0.2, 0.25) is 27.8 Å². The van der Waals surface area contributed by atoms with Crippen LogP contribution in [-0.2, 0) is 45.4 Å². The van der Waals surface area contributed by atoms with Crippen LogP contribution in [0.4, 0.5) is 46.5 Å². The molecule has 3 aliphatic heterocycles. The highest BCUT2D eigenvalue weighted by Crippen LogP contribution is 2.35. The topological polar surface area (TPSA) is 173 Å². The van der Waals surface area contributed by atoms with E-state index in [-0.39, 0.29) is 55.2 Å². The average Bonchev–Trinajstić information content (AvgIpc) is 3.52. The van der Waals surface area contributed by atoms with E-state index >= 15 is 4.39 Å². The molecule has 1 unspecified atom stereocenters. The predicted octanol–water partition coefficient (Wildman–Crippen LogP) is 4.64. The number of fused-ring (bicyclic) bond motifs is 1. The molecular weight excluding hydrogens is 797 g/mol. The number of piperidine rings is 2. The van der Waals surface area contributed by atoms with E-state index in [2.05, 4.69) is 40.7 Å². The molecule has 2 aromatic heterocycles. The van der Waals surface area contributed by atoms with Gasteiger partial charge in [0.25, 0.3) is 5.91 Å². The number of hydrogen-bond donors (Lipinski definition) is 3. The highest BCUT2D eigenvalue weighted by molar-refractivity contribution is 7.92. The molecule has 0 bridgehead atoms. The minimum atomic E-state index is -4.77. The van der Waals surface area contributed by atoms with Crippen LogP contribution in [0.1, 0.15) is 58.3 Å². The van der Waals surface area contributed by atoms with Gasteiger partial charge in [-0.1, -0.05) is 12.1 Å². The van der Waals surface area contributed by atoms with Gasteiger partial charge in [-0.15, -0.1) is 0 Å². The van der Waals surface area contributed by atoms with Crippen molar-refractivity contribution in [3.8, 4) is 0 Å². The maximum Gasteiger partial charge on any atom is 0.421 e. The molecule has 2 aromatic carbocycles. The zero-order valence-corrected chi connectivity index (χ0v) is 33.2. The third kappa shape index (κ3) is 9.07. The van der Waals surface area contributed by atoms with Crippen LogP contribution in [0.25, 0.3) is 0 Å². The van der Waals surface area contributed by atoms with E-state index in [1.54, 1.807) is 24.3 Å². The van der Waals surface area contributed by atoms with Gasteiger partial charge >= 0.3 is 6.18 Å². The molecule has 2 saturated heterocycles. The lowest BCUT2D eigenvalue weighted by atomic mass is 10.0. The summed E-state index contributed by atoms with van der Waals surface area (Å²) in [5, 5.41) is 7.90. The standard InChI is InChI=1S/C39H42F4N10O5S/c1-50(21-23-17-25-22-53(37(56)33(25)30(40)18-23)31-10-11-32(54)48-36(31)55)27-12-15-52(16-13-27)28-8-6-26(7-9-28)47-38-46-20-29(39(41,42)43)34(49-38)45-19-24-5-4-14-44-35(24)51(2)59(3,57)58/h4-9,14,17-18,20,27,31H,10-13,15-16,19,21-22H2,1-3H3,(H,48,54,55)(H2,45,46,47,49). The molecule has 2 fully saturated rings. The fraction of sp³-hybridized carbons (Fsp3) is 0.385. The number of carbonyl (C=O) groups excluding carboxylic acids is 3. The summed E-state index contributed by atoms with van der Waals surface area (Å²) in [7, 11) is -0.402. The maximum atomic E-state index is 15.3. The Morgan fingerprint density at radius 3 is 2.41 bits per heavy atom. The maximum absolute atomic E-state index is 15.3. The van der Waals surface area contributed by atoms with Crippen molar-refractivity contribution >= 4 is 56.7 Å². The second-order valence-corrected chi connectivity index (χ2v) is 16.9. The number of nitrogens with zero attached hydrogens (tertiary/aromatic N) is 7. The summed E-state index contributed by atoms with van der Waals surface area (Å²) in [6, 6.07) is 13.0. The van der Waals surface area contributed by atoms with E-state index in [1.165, 1.54) is 24.2 Å².